The van der Waals surface area contributed by atoms with Gasteiger partial charge in [-0.05, 0) is 36.4 Å². The molecule has 2 aromatic carbocycles. The maximum absolute atomic E-state index is 12.6. The topological polar surface area (TPSA) is 90.4 Å². The van der Waals surface area contributed by atoms with E-state index in [2.05, 4.69) is 25.6 Å². The maximum atomic E-state index is 12.6. The summed E-state index contributed by atoms with van der Waals surface area (Å²) < 4.78 is 53.9. The summed E-state index contributed by atoms with van der Waals surface area (Å²) in [5, 5.41) is 5.87. The molecule has 0 amide bonds. The third kappa shape index (κ3) is 6.24. The number of nitrogens with zero attached hydrogens (tertiary/aromatic N) is 3. The van der Waals surface area contributed by atoms with E-state index in [1.165, 1.54) is 0 Å². The van der Waals surface area contributed by atoms with E-state index < -0.39 is 18.8 Å². The molecule has 0 saturated heterocycles. The van der Waals surface area contributed by atoms with Gasteiger partial charge in [-0.2, -0.15) is 28.1 Å². The standard InChI is InChI=1S/C21H18F3N5O3/c22-21(23,24)13-32-20-28-18-25-14-5-3-7-16(11-14)30-9-1-2-10-31-17-8-4-6-15(12-17)26-19(27-18)29-20/h1-8,11-12H,9-10,13H2,(H2,25,26,27,28,29)/b2-1+. The molecule has 0 saturated carbocycles. The highest BCUT2D eigenvalue weighted by Gasteiger charge is 2.29. The summed E-state index contributed by atoms with van der Waals surface area (Å²) in [6.45, 7) is -0.866. The number of ether oxygens (including phenoxy) is 3. The minimum Gasteiger partial charge on any atom is -0.489 e. The van der Waals surface area contributed by atoms with Crippen LogP contribution in [0.1, 0.15) is 0 Å². The van der Waals surface area contributed by atoms with Crippen molar-refractivity contribution in [2.45, 2.75) is 6.18 Å². The fraction of sp³-hybridized carbons (Fsp3) is 0.190. The monoisotopic (exact) mass is 445 g/mol. The van der Waals surface area contributed by atoms with Crippen LogP contribution in [0.15, 0.2) is 60.7 Å². The van der Waals surface area contributed by atoms with Crippen LogP contribution in [-0.4, -0.2) is 40.9 Å². The molecule has 0 radical (unpaired) electrons. The maximum Gasteiger partial charge on any atom is 0.422 e. The molecule has 1 aliphatic rings. The Morgan fingerprint density at radius 1 is 0.812 bits per heavy atom. The van der Waals surface area contributed by atoms with Crippen molar-refractivity contribution >= 4 is 23.3 Å². The van der Waals surface area contributed by atoms with Gasteiger partial charge in [0.1, 0.15) is 24.7 Å². The zero-order valence-corrected chi connectivity index (χ0v) is 16.6. The first kappa shape index (κ1) is 21.2. The number of aromatic nitrogens is 3. The van der Waals surface area contributed by atoms with Crippen molar-refractivity contribution < 1.29 is 27.4 Å². The van der Waals surface area contributed by atoms with Crippen molar-refractivity contribution in [3.8, 4) is 17.5 Å². The van der Waals surface area contributed by atoms with Crippen LogP contribution in [0.2, 0.25) is 0 Å². The molecule has 2 heterocycles. The highest BCUT2D eigenvalue weighted by Crippen LogP contribution is 2.25. The lowest BCUT2D eigenvalue weighted by atomic mass is 10.3. The van der Waals surface area contributed by atoms with E-state index in [0.717, 1.165) is 0 Å². The summed E-state index contributed by atoms with van der Waals surface area (Å²) in [5.74, 6) is 1.15. The molecule has 0 fully saturated rings. The summed E-state index contributed by atoms with van der Waals surface area (Å²) in [5.41, 5.74) is 1.14. The molecular formula is C21H18F3N5O3. The van der Waals surface area contributed by atoms with E-state index in [4.69, 9.17) is 14.2 Å². The molecule has 1 aromatic heterocycles. The fourth-order valence-corrected chi connectivity index (χ4v) is 2.69. The van der Waals surface area contributed by atoms with Crippen LogP contribution in [0.25, 0.3) is 0 Å². The summed E-state index contributed by atoms with van der Waals surface area (Å²) in [4.78, 5) is 12.1. The minimum absolute atomic E-state index is 0.00607. The number of anilines is 4. The van der Waals surface area contributed by atoms with E-state index in [9.17, 15) is 13.2 Å². The van der Waals surface area contributed by atoms with Gasteiger partial charge in [-0.3, -0.25) is 0 Å². The second kappa shape index (κ2) is 9.41. The summed E-state index contributed by atoms with van der Waals surface area (Å²) in [7, 11) is 0. The highest BCUT2D eigenvalue weighted by molar-refractivity contribution is 5.60. The van der Waals surface area contributed by atoms with E-state index in [-0.39, 0.29) is 11.9 Å². The fourth-order valence-electron chi connectivity index (χ4n) is 2.69. The number of benzene rings is 2. The number of hydrogen-bond acceptors (Lipinski definition) is 8. The van der Waals surface area contributed by atoms with Gasteiger partial charge in [0.2, 0.25) is 11.9 Å². The van der Waals surface area contributed by atoms with Crippen LogP contribution in [-0.2, 0) is 0 Å². The van der Waals surface area contributed by atoms with Gasteiger partial charge < -0.3 is 24.8 Å². The number of halogens is 3. The van der Waals surface area contributed by atoms with Gasteiger partial charge in [0.15, 0.2) is 6.61 Å². The molecule has 3 aromatic rings. The first-order valence-corrected chi connectivity index (χ1v) is 9.53. The van der Waals surface area contributed by atoms with Gasteiger partial charge in [-0.15, -0.1) is 0 Å². The summed E-state index contributed by atoms with van der Waals surface area (Å²) in [6.07, 6.45) is -0.868. The molecular weight excluding hydrogens is 427 g/mol. The van der Waals surface area contributed by atoms with Crippen molar-refractivity contribution in [2.24, 2.45) is 0 Å². The number of fused-ring (bicyclic) bond motifs is 6. The van der Waals surface area contributed by atoms with E-state index in [0.29, 0.717) is 36.1 Å². The molecule has 32 heavy (non-hydrogen) atoms. The Labute approximate surface area is 181 Å². The largest absolute Gasteiger partial charge is 0.489 e. The Balaban J connectivity index is 1.69. The van der Waals surface area contributed by atoms with Crippen molar-refractivity contribution in [1.82, 2.24) is 15.0 Å². The Hall–Kier alpha value is -4.02. The zero-order chi connectivity index (χ0) is 22.4. The van der Waals surface area contributed by atoms with E-state index in [1.54, 1.807) is 48.5 Å². The molecule has 166 valence electrons. The molecule has 8 nitrogen and oxygen atoms in total. The Morgan fingerprint density at radius 2 is 1.34 bits per heavy atom. The average Bonchev–Trinajstić information content (AvgIpc) is 2.74. The molecule has 0 unspecified atom stereocenters. The first-order chi connectivity index (χ1) is 15.4. The van der Waals surface area contributed by atoms with Crippen LogP contribution < -0.4 is 24.8 Å². The molecule has 11 heteroatoms. The van der Waals surface area contributed by atoms with Gasteiger partial charge in [0.05, 0.1) is 0 Å². The Kier molecular flexibility index (Phi) is 6.24. The van der Waals surface area contributed by atoms with Crippen LogP contribution >= 0.6 is 0 Å². The molecule has 4 rings (SSSR count). The molecule has 2 N–H and O–H groups in total. The highest BCUT2D eigenvalue weighted by atomic mass is 19.4. The Morgan fingerprint density at radius 3 is 1.84 bits per heavy atom. The van der Waals surface area contributed by atoms with Gasteiger partial charge in [0.25, 0.3) is 0 Å². The normalized spacial score (nSPS) is 14.6. The van der Waals surface area contributed by atoms with Crippen LogP contribution in [0.5, 0.6) is 17.5 Å². The lowest BCUT2D eigenvalue weighted by Gasteiger charge is -2.13. The van der Waals surface area contributed by atoms with E-state index in [1.807, 2.05) is 12.2 Å². The molecule has 1 aliphatic heterocycles. The second-order valence-corrected chi connectivity index (χ2v) is 6.57. The Bertz CT molecular complexity index is 1030. The second-order valence-electron chi connectivity index (χ2n) is 6.57. The van der Waals surface area contributed by atoms with Crippen LogP contribution in [0, 0.1) is 0 Å². The van der Waals surface area contributed by atoms with Crippen LogP contribution in [0.3, 0.4) is 0 Å². The average molecular weight is 445 g/mol. The van der Waals surface area contributed by atoms with Gasteiger partial charge in [-0.25, -0.2) is 0 Å². The molecule has 0 spiro atoms. The van der Waals surface area contributed by atoms with Gasteiger partial charge >= 0.3 is 12.2 Å². The molecule has 0 aliphatic carbocycles. The SMILES string of the molecule is FC(F)(F)COc1nc2nc(n1)Nc1cccc(c1)OC/C=C/COc1cccc(c1)N2. The quantitative estimate of drug-likeness (QED) is 0.552. The number of rotatable bonds is 2. The van der Waals surface area contributed by atoms with Crippen molar-refractivity contribution in [3.63, 3.8) is 0 Å². The van der Waals surface area contributed by atoms with Crippen molar-refractivity contribution in [3.05, 3.63) is 60.7 Å². The lowest BCUT2D eigenvalue weighted by molar-refractivity contribution is -0.154. The summed E-state index contributed by atoms with van der Waals surface area (Å²) >= 11 is 0. The van der Waals surface area contributed by atoms with Gasteiger partial charge in [0, 0.05) is 23.5 Å². The van der Waals surface area contributed by atoms with E-state index >= 15 is 0 Å². The molecule has 0 atom stereocenters. The zero-order valence-electron chi connectivity index (χ0n) is 16.6. The third-order valence-corrected chi connectivity index (χ3v) is 4.02. The lowest BCUT2D eigenvalue weighted by Crippen LogP contribution is -2.20. The molecule has 6 bridgehead atoms. The van der Waals surface area contributed by atoms with Crippen LogP contribution in [0.4, 0.5) is 36.4 Å². The number of alkyl halides is 3. The minimum atomic E-state index is -4.54. The first-order valence-electron chi connectivity index (χ1n) is 9.53. The third-order valence-electron chi connectivity index (χ3n) is 4.02. The van der Waals surface area contributed by atoms with Gasteiger partial charge in [-0.1, -0.05) is 12.1 Å². The predicted molar refractivity (Wildman–Crippen MR) is 111 cm³/mol. The van der Waals surface area contributed by atoms with Crippen molar-refractivity contribution in [2.75, 3.05) is 30.5 Å². The smallest absolute Gasteiger partial charge is 0.422 e. The predicted octanol–water partition coefficient (Wildman–Crippen LogP) is 4.63. The van der Waals surface area contributed by atoms with Crippen molar-refractivity contribution in [1.29, 1.82) is 0 Å². The summed E-state index contributed by atoms with van der Waals surface area (Å²) in [6, 6.07) is 13.5. The number of hydrogen-bond donors (Lipinski definition) is 2. The number of nitrogens with one attached hydrogen (secondary N) is 2.